The number of hydrogen-bond donors (Lipinski definition) is 1. The summed E-state index contributed by atoms with van der Waals surface area (Å²) >= 11 is 6.27. The Kier molecular flexibility index (Phi) is 5.71. The normalized spacial score (nSPS) is 21.2. The number of aryl methyl sites for hydroxylation is 1. The van der Waals surface area contributed by atoms with Crippen molar-refractivity contribution in [1.82, 2.24) is 4.90 Å². The Morgan fingerprint density at radius 2 is 1.81 bits per heavy atom. The van der Waals surface area contributed by atoms with E-state index in [2.05, 4.69) is 0 Å². The highest BCUT2D eigenvalue weighted by Crippen LogP contribution is 2.45. The Hall–Kier alpha value is -2.93. The zero-order valence-electron chi connectivity index (χ0n) is 17.6. The van der Waals surface area contributed by atoms with E-state index in [1.807, 2.05) is 0 Å². The molecule has 1 aliphatic carbocycles. The average molecular weight is 446 g/mol. The summed E-state index contributed by atoms with van der Waals surface area (Å²) in [4.78, 5) is 27.8. The summed E-state index contributed by atoms with van der Waals surface area (Å²) in [5.74, 6) is -0.0384. The standard InChI is InChI=1S/C23H24ClNO6/c1-12-8-9-16(31-12)20-19(22(27)23(28)25(20)13-6-4-5-7-13)21(26)14-10-15(24)18(30-3)11-17(14)29-2/h8-11,13,20,26H,4-7H2,1-3H3/b21-19+. The molecule has 1 saturated carbocycles. The fraction of sp³-hybridized carbons (Fsp3) is 0.391. The predicted molar refractivity (Wildman–Crippen MR) is 114 cm³/mol. The molecule has 2 heterocycles. The summed E-state index contributed by atoms with van der Waals surface area (Å²) < 4.78 is 16.4. The first-order chi connectivity index (χ1) is 14.9. The van der Waals surface area contributed by atoms with Crippen LogP contribution in [0.3, 0.4) is 0 Å². The number of rotatable bonds is 5. The Balaban J connectivity index is 1.92. The van der Waals surface area contributed by atoms with Crippen molar-refractivity contribution in [3.05, 3.63) is 51.9 Å². The number of aliphatic hydroxyl groups is 1. The molecule has 2 aliphatic rings. The number of Topliss-reactive ketones (excluding diaryl/α,β-unsaturated/α-hetero) is 1. The quantitative estimate of drug-likeness (QED) is 0.410. The topological polar surface area (TPSA) is 89.2 Å². The summed E-state index contributed by atoms with van der Waals surface area (Å²) in [6.45, 7) is 1.79. The second-order valence-electron chi connectivity index (χ2n) is 7.78. The molecule has 31 heavy (non-hydrogen) atoms. The third kappa shape index (κ3) is 3.57. The Labute approximate surface area is 185 Å². The van der Waals surface area contributed by atoms with E-state index in [-0.39, 0.29) is 33.7 Å². The lowest BCUT2D eigenvalue weighted by Gasteiger charge is -2.29. The van der Waals surface area contributed by atoms with Gasteiger partial charge in [0.2, 0.25) is 0 Å². The number of benzene rings is 1. The molecule has 164 valence electrons. The molecular formula is C23H24ClNO6. The molecule has 0 bridgehead atoms. The molecule has 4 rings (SSSR count). The zero-order valence-corrected chi connectivity index (χ0v) is 18.4. The van der Waals surface area contributed by atoms with E-state index in [0.29, 0.717) is 17.3 Å². The molecule has 1 aromatic carbocycles. The van der Waals surface area contributed by atoms with Gasteiger partial charge in [-0.2, -0.15) is 0 Å². The molecule has 7 nitrogen and oxygen atoms in total. The second kappa shape index (κ2) is 8.30. The number of methoxy groups -OCH3 is 2. The number of likely N-dealkylation sites (tertiary alicyclic amines) is 1. The van der Waals surface area contributed by atoms with Crippen LogP contribution in [0.5, 0.6) is 11.5 Å². The Morgan fingerprint density at radius 1 is 1.13 bits per heavy atom. The van der Waals surface area contributed by atoms with Crippen LogP contribution in [0, 0.1) is 6.92 Å². The van der Waals surface area contributed by atoms with E-state index in [1.54, 1.807) is 24.0 Å². The number of hydrogen-bond acceptors (Lipinski definition) is 6. The van der Waals surface area contributed by atoms with Crippen LogP contribution in [-0.4, -0.2) is 42.0 Å². The number of ether oxygens (including phenoxy) is 2. The van der Waals surface area contributed by atoms with Crippen molar-refractivity contribution in [1.29, 1.82) is 0 Å². The van der Waals surface area contributed by atoms with Crippen LogP contribution >= 0.6 is 11.6 Å². The van der Waals surface area contributed by atoms with E-state index < -0.39 is 17.7 Å². The molecule has 1 aliphatic heterocycles. The molecule has 2 fully saturated rings. The van der Waals surface area contributed by atoms with Crippen molar-refractivity contribution in [2.45, 2.75) is 44.7 Å². The number of halogens is 1. The number of nitrogens with zero attached hydrogens (tertiary/aromatic N) is 1. The first-order valence-corrected chi connectivity index (χ1v) is 10.5. The summed E-state index contributed by atoms with van der Waals surface area (Å²) in [5, 5.41) is 11.5. The van der Waals surface area contributed by atoms with Gasteiger partial charge in [0.25, 0.3) is 11.7 Å². The molecule has 2 aromatic rings. The van der Waals surface area contributed by atoms with Gasteiger partial charge in [0.1, 0.15) is 34.8 Å². The van der Waals surface area contributed by atoms with Gasteiger partial charge in [-0.15, -0.1) is 0 Å². The minimum atomic E-state index is -0.817. The van der Waals surface area contributed by atoms with Gasteiger partial charge in [-0.3, -0.25) is 9.59 Å². The van der Waals surface area contributed by atoms with Gasteiger partial charge in [-0.1, -0.05) is 24.4 Å². The van der Waals surface area contributed by atoms with E-state index in [4.69, 9.17) is 25.5 Å². The van der Waals surface area contributed by atoms with Crippen molar-refractivity contribution in [3.8, 4) is 11.5 Å². The lowest BCUT2D eigenvalue weighted by Crippen LogP contribution is -2.37. The van der Waals surface area contributed by atoms with Crippen molar-refractivity contribution >= 4 is 29.1 Å². The van der Waals surface area contributed by atoms with Crippen LogP contribution in [0.2, 0.25) is 5.02 Å². The minimum absolute atomic E-state index is 0.0363. The van der Waals surface area contributed by atoms with Crippen molar-refractivity contribution in [2.24, 2.45) is 0 Å². The molecule has 8 heteroatoms. The number of furan rings is 1. The lowest BCUT2D eigenvalue weighted by atomic mass is 9.98. The predicted octanol–water partition coefficient (Wildman–Crippen LogP) is 4.62. The monoisotopic (exact) mass is 445 g/mol. The smallest absolute Gasteiger partial charge is 0.296 e. The number of ketones is 1. The van der Waals surface area contributed by atoms with Crippen LogP contribution in [0.4, 0.5) is 0 Å². The lowest BCUT2D eigenvalue weighted by molar-refractivity contribution is -0.141. The Bertz CT molecular complexity index is 1070. The van der Waals surface area contributed by atoms with E-state index in [1.165, 1.54) is 26.4 Å². The maximum Gasteiger partial charge on any atom is 0.296 e. The minimum Gasteiger partial charge on any atom is -0.507 e. The molecule has 0 spiro atoms. The van der Waals surface area contributed by atoms with Crippen LogP contribution < -0.4 is 9.47 Å². The number of amides is 1. The highest BCUT2D eigenvalue weighted by Gasteiger charge is 2.50. The van der Waals surface area contributed by atoms with Gasteiger partial charge >= 0.3 is 0 Å². The maximum absolute atomic E-state index is 13.1. The van der Waals surface area contributed by atoms with Crippen molar-refractivity contribution < 1.29 is 28.6 Å². The van der Waals surface area contributed by atoms with Gasteiger partial charge in [-0.25, -0.2) is 0 Å². The molecular weight excluding hydrogens is 422 g/mol. The fourth-order valence-corrected chi connectivity index (χ4v) is 4.72. The molecule has 1 atom stereocenters. The number of carbonyl (C=O) groups excluding carboxylic acids is 2. The first kappa shape index (κ1) is 21.3. The van der Waals surface area contributed by atoms with E-state index in [9.17, 15) is 14.7 Å². The summed E-state index contributed by atoms with van der Waals surface area (Å²) in [6.07, 6.45) is 3.58. The SMILES string of the molecule is COc1cc(OC)c(/C(O)=C2\C(=O)C(=O)N(C3CCCC3)C2c2ccc(C)o2)cc1Cl. The summed E-state index contributed by atoms with van der Waals surface area (Å²) in [7, 11) is 2.90. The van der Waals surface area contributed by atoms with Gasteiger partial charge in [0, 0.05) is 12.1 Å². The largest absolute Gasteiger partial charge is 0.507 e. The van der Waals surface area contributed by atoms with Crippen LogP contribution in [0.15, 0.2) is 34.3 Å². The first-order valence-electron chi connectivity index (χ1n) is 10.2. The molecule has 1 N–H and O–H groups in total. The highest BCUT2D eigenvalue weighted by molar-refractivity contribution is 6.46. The van der Waals surface area contributed by atoms with Crippen molar-refractivity contribution in [3.63, 3.8) is 0 Å². The van der Waals surface area contributed by atoms with Crippen LogP contribution in [0.25, 0.3) is 5.76 Å². The summed E-state index contributed by atoms with van der Waals surface area (Å²) in [5.41, 5.74) is 0.164. The second-order valence-corrected chi connectivity index (χ2v) is 8.19. The fourth-order valence-electron chi connectivity index (χ4n) is 4.48. The maximum atomic E-state index is 13.1. The van der Waals surface area contributed by atoms with E-state index >= 15 is 0 Å². The van der Waals surface area contributed by atoms with Gasteiger partial charge in [-0.05, 0) is 38.0 Å². The van der Waals surface area contributed by atoms with Gasteiger partial charge in [0.15, 0.2) is 0 Å². The Morgan fingerprint density at radius 3 is 2.39 bits per heavy atom. The highest BCUT2D eigenvalue weighted by atomic mass is 35.5. The third-order valence-corrected chi connectivity index (χ3v) is 6.25. The number of carbonyl (C=O) groups is 2. The molecule has 1 aromatic heterocycles. The molecule has 0 radical (unpaired) electrons. The molecule has 1 amide bonds. The van der Waals surface area contributed by atoms with Crippen LogP contribution in [0.1, 0.15) is 48.8 Å². The zero-order chi connectivity index (χ0) is 22.3. The van der Waals surface area contributed by atoms with Crippen molar-refractivity contribution in [2.75, 3.05) is 14.2 Å². The average Bonchev–Trinajstić information content (AvgIpc) is 3.48. The molecule has 1 saturated heterocycles. The van der Waals surface area contributed by atoms with E-state index in [0.717, 1.165) is 25.7 Å². The van der Waals surface area contributed by atoms with Gasteiger partial charge < -0.3 is 23.9 Å². The third-order valence-electron chi connectivity index (χ3n) is 5.96. The molecule has 1 unspecified atom stereocenters. The van der Waals surface area contributed by atoms with Gasteiger partial charge in [0.05, 0.1) is 30.4 Å². The van der Waals surface area contributed by atoms with Crippen LogP contribution in [-0.2, 0) is 9.59 Å². The number of aliphatic hydroxyl groups excluding tert-OH is 1. The summed E-state index contributed by atoms with van der Waals surface area (Å²) in [6, 6.07) is 5.59.